The molecule has 0 amide bonds. The molecule has 0 aliphatic rings. The molecular weight excluding hydrogens is 456 g/mol. The molecule has 0 radical (unpaired) electrons. The summed E-state index contributed by atoms with van der Waals surface area (Å²) in [5.74, 6) is 0.967. The molecule has 6 heteroatoms. The van der Waals surface area contributed by atoms with Crippen LogP contribution in [-0.4, -0.2) is 36.1 Å². The largest absolute Gasteiger partial charge is 0.508 e. The van der Waals surface area contributed by atoms with Gasteiger partial charge < -0.3 is 29.5 Å². The van der Waals surface area contributed by atoms with Crippen molar-refractivity contribution in [2.24, 2.45) is 0 Å². The van der Waals surface area contributed by atoms with Gasteiger partial charge in [-0.2, -0.15) is 0 Å². The highest BCUT2D eigenvalue weighted by Gasteiger charge is 2.22. The maximum absolute atomic E-state index is 11.1. The number of phenolic OH excluding ortho intramolecular Hbond substituents is 3. The van der Waals surface area contributed by atoms with Gasteiger partial charge in [0.1, 0.15) is 18.1 Å². The SMILES string of the molecule is COc1cc(-c2ccc(O)cc2)c(OC)c(O)c1-c1ccc(OCC=C(C)CCC=C(C)C)c(O)c1. The second kappa shape index (κ2) is 12.1. The van der Waals surface area contributed by atoms with Gasteiger partial charge in [-0.25, -0.2) is 0 Å². The molecule has 0 aliphatic heterocycles. The lowest BCUT2D eigenvalue weighted by molar-refractivity contribution is 0.335. The minimum atomic E-state index is -0.122. The smallest absolute Gasteiger partial charge is 0.170 e. The van der Waals surface area contributed by atoms with Crippen LogP contribution in [0.3, 0.4) is 0 Å². The zero-order valence-corrected chi connectivity index (χ0v) is 21.5. The summed E-state index contributed by atoms with van der Waals surface area (Å²) in [4.78, 5) is 0. The number of ether oxygens (including phenoxy) is 3. The van der Waals surface area contributed by atoms with Crippen LogP contribution >= 0.6 is 0 Å². The molecule has 3 rings (SSSR count). The van der Waals surface area contributed by atoms with Crippen molar-refractivity contribution in [2.75, 3.05) is 20.8 Å². The zero-order chi connectivity index (χ0) is 26.2. The fraction of sp³-hybridized carbons (Fsp3) is 0.267. The maximum atomic E-state index is 11.1. The molecule has 3 N–H and O–H groups in total. The van der Waals surface area contributed by atoms with Gasteiger partial charge in [-0.1, -0.05) is 35.4 Å². The molecular formula is C30H34O6. The van der Waals surface area contributed by atoms with E-state index in [4.69, 9.17) is 14.2 Å². The molecule has 190 valence electrons. The van der Waals surface area contributed by atoms with E-state index in [1.165, 1.54) is 31.4 Å². The second-order valence-electron chi connectivity index (χ2n) is 8.79. The molecule has 3 aromatic rings. The van der Waals surface area contributed by atoms with Gasteiger partial charge in [-0.3, -0.25) is 0 Å². The first-order valence-corrected chi connectivity index (χ1v) is 11.8. The highest BCUT2D eigenvalue weighted by atomic mass is 16.5. The summed E-state index contributed by atoms with van der Waals surface area (Å²) in [5.41, 5.74) is 4.79. The van der Waals surface area contributed by atoms with Crippen molar-refractivity contribution in [1.29, 1.82) is 0 Å². The number of aromatic hydroxyl groups is 3. The number of rotatable bonds is 10. The zero-order valence-electron chi connectivity index (χ0n) is 21.5. The lowest BCUT2D eigenvalue weighted by Gasteiger charge is -2.18. The summed E-state index contributed by atoms with van der Waals surface area (Å²) in [5, 5.41) is 31.4. The second-order valence-corrected chi connectivity index (χ2v) is 8.79. The number of hydrogen-bond donors (Lipinski definition) is 3. The summed E-state index contributed by atoms with van der Waals surface area (Å²) in [6.07, 6.45) is 6.16. The molecule has 0 saturated heterocycles. The molecule has 0 spiro atoms. The molecule has 36 heavy (non-hydrogen) atoms. The summed E-state index contributed by atoms with van der Waals surface area (Å²) < 4.78 is 16.9. The Morgan fingerprint density at radius 3 is 2.11 bits per heavy atom. The quantitative estimate of drug-likeness (QED) is 0.260. The minimum absolute atomic E-state index is 0.0499. The number of phenols is 3. The fourth-order valence-electron chi connectivity index (χ4n) is 3.89. The first-order chi connectivity index (χ1) is 17.2. The van der Waals surface area contributed by atoms with E-state index in [2.05, 4.69) is 26.8 Å². The Morgan fingerprint density at radius 2 is 1.50 bits per heavy atom. The van der Waals surface area contributed by atoms with Gasteiger partial charge in [-0.05, 0) is 81.1 Å². The third-order valence-electron chi connectivity index (χ3n) is 5.83. The highest BCUT2D eigenvalue weighted by molar-refractivity contribution is 5.88. The lowest BCUT2D eigenvalue weighted by Crippen LogP contribution is -1.97. The molecule has 0 fully saturated rings. The molecule has 0 aliphatic carbocycles. The maximum Gasteiger partial charge on any atom is 0.170 e. The Labute approximate surface area is 212 Å². The molecule has 0 aromatic heterocycles. The van der Waals surface area contributed by atoms with E-state index in [1.54, 1.807) is 42.5 Å². The third kappa shape index (κ3) is 6.33. The topological polar surface area (TPSA) is 88.4 Å². The average Bonchev–Trinajstić information content (AvgIpc) is 2.84. The predicted molar refractivity (Wildman–Crippen MR) is 143 cm³/mol. The van der Waals surface area contributed by atoms with Crippen LogP contribution in [0.4, 0.5) is 0 Å². The van der Waals surface area contributed by atoms with E-state index in [0.717, 1.165) is 18.4 Å². The Kier molecular flexibility index (Phi) is 8.90. The number of allylic oxidation sites excluding steroid dienone is 3. The van der Waals surface area contributed by atoms with Crippen molar-refractivity contribution in [3.8, 4) is 56.8 Å². The van der Waals surface area contributed by atoms with E-state index >= 15 is 0 Å². The van der Waals surface area contributed by atoms with Crippen molar-refractivity contribution >= 4 is 0 Å². The molecule has 0 unspecified atom stereocenters. The normalized spacial score (nSPS) is 11.2. The van der Waals surface area contributed by atoms with E-state index in [9.17, 15) is 15.3 Å². The Hall–Kier alpha value is -4.06. The molecule has 0 bridgehead atoms. The van der Waals surface area contributed by atoms with Crippen LogP contribution in [0, 0.1) is 0 Å². The Morgan fingerprint density at radius 1 is 0.806 bits per heavy atom. The molecule has 0 atom stereocenters. The van der Waals surface area contributed by atoms with Crippen LogP contribution in [0.15, 0.2) is 71.8 Å². The highest BCUT2D eigenvalue weighted by Crippen LogP contribution is 2.50. The van der Waals surface area contributed by atoms with Gasteiger partial charge in [0.05, 0.1) is 19.8 Å². The van der Waals surface area contributed by atoms with E-state index in [1.807, 2.05) is 6.08 Å². The minimum Gasteiger partial charge on any atom is -0.508 e. The van der Waals surface area contributed by atoms with Crippen molar-refractivity contribution in [3.63, 3.8) is 0 Å². The van der Waals surface area contributed by atoms with Crippen LogP contribution in [0.1, 0.15) is 33.6 Å². The van der Waals surface area contributed by atoms with Crippen molar-refractivity contribution in [1.82, 2.24) is 0 Å². The monoisotopic (exact) mass is 490 g/mol. The van der Waals surface area contributed by atoms with Gasteiger partial charge in [0.15, 0.2) is 23.0 Å². The fourth-order valence-corrected chi connectivity index (χ4v) is 3.89. The number of methoxy groups -OCH3 is 2. The molecule has 6 nitrogen and oxygen atoms in total. The summed E-state index contributed by atoms with van der Waals surface area (Å²) in [6, 6.07) is 13.3. The lowest BCUT2D eigenvalue weighted by atomic mass is 9.96. The van der Waals surface area contributed by atoms with Gasteiger partial charge in [0.25, 0.3) is 0 Å². The number of hydrogen-bond acceptors (Lipinski definition) is 6. The average molecular weight is 491 g/mol. The van der Waals surface area contributed by atoms with Gasteiger partial charge in [-0.15, -0.1) is 0 Å². The summed E-state index contributed by atoms with van der Waals surface area (Å²) in [7, 11) is 2.98. The molecule has 3 aromatic carbocycles. The van der Waals surface area contributed by atoms with Gasteiger partial charge >= 0.3 is 0 Å². The van der Waals surface area contributed by atoms with Crippen LogP contribution in [0.25, 0.3) is 22.3 Å². The number of benzene rings is 3. The van der Waals surface area contributed by atoms with Crippen molar-refractivity contribution < 1.29 is 29.5 Å². The van der Waals surface area contributed by atoms with Crippen LogP contribution in [-0.2, 0) is 0 Å². The van der Waals surface area contributed by atoms with Crippen LogP contribution in [0.5, 0.6) is 34.5 Å². The molecule has 0 heterocycles. The summed E-state index contributed by atoms with van der Waals surface area (Å²) >= 11 is 0. The van der Waals surface area contributed by atoms with E-state index in [0.29, 0.717) is 34.8 Å². The first kappa shape index (κ1) is 26.5. The van der Waals surface area contributed by atoms with Crippen molar-refractivity contribution in [3.05, 3.63) is 71.8 Å². The Balaban J connectivity index is 1.88. The van der Waals surface area contributed by atoms with Gasteiger partial charge in [0.2, 0.25) is 0 Å². The van der Waals surface area contributed by atoms with Gasteiger partial charge in [0, 0.05) is 5.56 Å². The first-order valence-electron chi connectivity index (χ1n) is 11.8. The Bertz CT molecular complexity index is 1250. The van der Waals surface area contributed by atoms with Crippen molar-refractivity contribution in [2.45, 2.75) is 33.6 Å². The molecule has 0 saturated carbocycles. The van der Waals surface area contributed by atoms with E-state index in [-0.39, 0.29) is 23.0 Å². The van der Waals surface area contributed by atoms with Crippen LogP contribution in [0.2, 0.25) is 0 Å². The third-order valence-corrected chi connectivity index (χ3v) is 5.83. The predicted octanol–water partition coefficient (Wildman–Crippen LogP) is 7.23. The summed E-state index contributed by atoms with van der Waals surface area (Å²) in [6.45, 7) is 6.58. The van der Waals surface area contributed by atoms with E-state index < -0.39 is 0 Å². The van der Waals surface area contributed by atoms with Crippen LogP contribution < -0.4 is 14.2 Å². The standard InChI is InChI=1S/C30H34O6/c1-19(2)7-6-8-20(3)15-16-36-26-14-11-22(17-25(26)32)28-27(34-4)18-24(30(35-5)29(28)33)21-9-12-23(31)13-10-21/h7,9-15,17-18,31-33H,6,8,16H2,1-5H3.